The Morgan fingerprint density at radius 2 is 2.14 bits per heavy atom. The van der Waals surface area contributed by atoms with E-state index >= 15 is 0 Å². The van der Waals surface area contributed by atoms with Crippen LogP contribution in [-0.2, 0) is 21.2 Å². The maximum atomic E-state index is 11.4. The van der Waals surface area contributed by atoms with Crippen LogP contribution in [0.15, 0.2) is 18.2 Å². The highest BCUT2D eigenvalue weighted by Gasteiger charge is 2.32. The Bertz CT molecular complexity index is 651. The molecule has 7 heteroatoms. The molecule has 21 heavy (non-hydrogen) atoms. The molecule has 116 valence electrons. The van der Waals surface area contributed by atoms with Crippen LogP contribution in [0.3, 0.4) is 0 Å². The fourth-order valence-corrected chi connectivity index (χ4v) is 2.73. The van der Waals surface area contributed by atoms with Crippen molar-refractivity contribution in [1.29, 1.82) is 0 Å². The van der Waals surface area contributed by atoms with E-state index in [4.69, 9.17) is 9.47 Å². The second kappa shape index (κ2) is 5.55. The van der Waals surface area contributed by atoms with Gasteiger partial charge in [-0.15, -0.1) is 0 Å². The van der Waals surface area contributed by atoms with Crippen LogP contribution >= 0.6 is 0 Å². The SMILES string of the molecule is CC1(C)Cc2cccc(OCCC(=O)NS(C)(=O)=O)c2O1. The van der Waals surface area contributed by atoms with E-state index in [2.05, 4.69) is 0 Å². The standard InChI is InChI=1S/C14H19NO5S/c1-14(2)9-10-5-4-6-11(13(10)20-14)19-8-7-12(16)15-21(3,17)18/h4-6H,7-9H2,1-3H3,(H,15,16). The molecule has 1 heterocycles. The molecule has 1 amide bonds. The first-order valence-corrected chi connectivity index (χ1v) is 8.50. The average molecular weight is 313 g/mol. The van der Waals surface area contributed by atoms with Crippen molar-refractivity contribution in [3.8, 4) is 11.5 Å². The highest BCUT2D eigenvalue weighted by molar-refractivity contribution is 7.89. The van der Waals surface area contributed by atoms with Crippen LogP contribution in [0, 0.1) is 0 Å². The average Bonchev–Trinajstić information content (AvgIpc) is 2.61. The molecule has 0 aromatic heterocycles. The number of amides is 1. The second-order valence-electron chi connectivity index (χ2n) is 5.68. The lowest BCUT2D eigenvalue weighted by Crippen LogP contribution is -2.30. The quantitative estimate of drug-likeness (QED) is 0.884. The van der Waals surface area contributed by atoms with Crippen molar-refractivity contribution in [2.75, 3.05) is 12.9 Å². The molecule has 0 spiro atoms. The molecular formula is C14H19NO5S. The van der Waals surface area contributed by atoms with Crippen LogP contribution in [0.5, 0.6) is 11.5 Å². The molecule has 2 rings (SSSR count). The molecule has 0 saturated heterocycles. The number of para-hydroxylation sites is 1. The van der Waals surface area contributed by atoms with Gasteiger partial charge < -0.3 is 9.47 Å². The molecular weight excluding hydrogens is 294 g/mol. The number of carbonyl (C=O) groups excluding carboxylic acids is 1. The summed E-state index contributed by atoms with van der Waals surface area (Å²) in [5.74, 6) is 0.683. The molecule has 0 atom stereocenters. The summed E-state index contributed by atoms with van der Waals surface area (Å²) < 4.78 is 35.1. The van der Waals surface area contributed by atoms with Crippen molar-refractivity contribution in [2.24, 2.45) is 0 Å². The van der Waals surface area contributed by atoms with Crippen LogP contribution < -0.4 is 14.2 Å². The zero-order chi connectivity index (χ0) is 15.7. The maximum absolute atomic E-state index is 11.4. The van der Waals surface area contributed by atoms with Crippen LogP contribution in [-0.4, -0.2) is 32.8 Å². The molecule has 0 unspecified atom stereocenters. The third kappa shape index (κ3) is 4.35. The molecule has 0 saturated carbocycles. The minimum Gasteiger partial charge on any atom is -0.489 e. The molecule has 1 aromatic carbocycles. The largest absolute Gasteiger partial charge is 0.489 e. The lowest BCUT2D eigenvalue weighted by Gasteiger charge is -2.18. The summed E-state index contributed by atoms with van der Waals surface area (Å²) >= 11 is 0. The van der Waals surface area contributed by atoms with Gasteiger partial charge in [0.2, 0.25) is 15.9 Å². The Morgan fingerprint density at radius 1 is 1.43 bits per heavy atom. The Kier molecular flexibility index (Phi) is 4.13. The third-order valence-corrected chi connectivity index (χ3v) is 3.54. The van der Waals surface area contributed by atoms with Crippen molar-refractivity contribution in [3.05, 3.63) is 23.8 Å². The van der Waals surface area contributed by atoms with E-state index in [1.165, 1.54) is 0 Å². The summed E-state index contributed by atoms with van der Waals surface area (Å²) in [6.45, 7) is 4.08. The molecule has 0 aliphatic carbocycles. The van der Waals surface area contributed by atoms with Crippen molar-refractivity contribution >= 4 is 15.9 Å². The van der Waals surface area contributed by atoms with Crippen molar-refractivity contribution in [3.63, 3.8) is 0 Å². The molecule has 1 aromatic rings. The Labute approximate surface area is 124 Å². The van der Waals surface area contributed by atoms with Gasteiger partial charge in [0.25, 0.3) is 0 Å². The highest BCUT2D eigenvalue weighted by atomic mass is 32.2. The molecule has 0 radical (unpaired) electrons. The van der Waals surface area contributed by atoms with E-state index in [1.807, 2.05) is 30.7 Å². The van der Waals surface area contributed by atoms with E-state index in [-0.39, 0.29) is 18.6 Å². The number of ether oxygens (including phenoxy) is 2. The predicted octanol–water partition coefficient (Wildman–Crippen LogP) is 1.24. The van der Waals surface area contributed by atoms with Crippen LogP contribution in [0.25, 0.3) is 0 Å². The van der Waals surface area contributed by atoms with Gasteiger partial charge in [0.15, 0.2) is 11.5 Å². The maximum Gasteiger partial charge on any atom is 0.236 e. The molecule has 0 fully saturated rings. The fourth-order valence-electron chi connectivity index (χ4n) is 2.21. The third-order valence-electron chi connectivity index (χ3n) is 2.94. The Morgan fingerprint density at radius 3 is 2.81 bits per heavy atom. The van der Waals surface area contributed by atoms with E-state index in [1.54, 1.807) is 6.07 Å². The highest BCUT2D eigenvalue weighted by Crippen LogP contribution is 2.41. The zero-order valence-corrected chi connectivity index (χ0v) is 13.1. The number of benzene rings is 1. The number of fused-ring (bicyclic) bond motifs is 1. The number of sulfonamides is 1. The van der Waals surface area contributed by atoms with Gasteiger partial charge in [-0.1, -0.05) is 12.1 Å². The fraction of sp³-hybridized carbons (Fsp3) is 0.500. The van der Waals surface area contributed by atoms with Crippen molar-refractivity contribution < 1.29 is 22.7 Å². The zero-order valence-electron chi connectivity index (χ0n) is 12.3. The Hall–Kier alpha value is -1.76. The molecule has 6 nitrogen and oxygen atoms in total. The first kappa shape index (κ1) is 15.6. The van der Waals surface area contributed by atoms with Gasteiger partial charge in [0.1, 0.15) is 5.60 Å². The molecule has 0 bridgehead atoms. The predicted molar refractivity (Wildman–Crippen MR) is 78.0 cm³/mol. The molecule has 1 aliphatic heterocycles. The van der Waals surface area contributed by atoms with Gasteiger partial charge in [0.05, 0.1) is 19.3 Å². The van der Waals surface area contributed by atoms with E-state index in [0.717, 1.165) is 18.2 Å². The number of nitrogens with one attached hydrogen (secondary N) is 1. The van der Waals surface area contributed by atoms with Crippen molar-refractivity contribution in [1.82, 2.24) is 4.72 Å². The van der Waals surface area contributed by atoms with Gasteiger partial charge in [0, 0.05) is 12.0 Å². The topological polar surface area (TPSA) is 81.7 Å². The lowest BCUT2D eigenvalue weighted by atomic mass is 10.0. The summed E-state index contributed by atoms with van der Waals surface area (Å²) in [5, 5.41) is 0. The van der Waals surface area contributed by atoms with E-state index in [0.29, 0.717) is 11.5 Å². The minimum absolute atomic E-state index is 0.0415. The smallest absolute Gasteiger partial charge is 0.236 e. The first-order valence-electron chi connectivity index (χ1n) is 6.61. The minimum atomic E-state index is -3.52. The summed E-state index contributed by atoms with van der Waals surface area (Å²) in [7, 11) is -3.52. The van der Waals surface area contributed by atoms with Gasteiger partial charge in [-0.05, 0) is 19.9 Å². The number of hydrogen-bond acceptors (Lipinski definition) is 5. The van der Waals surface area contributed by atoms with Gasteiger partial charge in [-0.2, -0.15) is 0 Å². The summed E-state index contributed by atoms with van der Waals surface area (Å²) in [4.78, 5) is 11.4. The normalized spacial score (nSPS) is 16.0. The van der Waals surface area contributed by atoms with Gasteiger partial charge in [-0.3, -0.25) is 9.52 Å². The monoisotopic (exact) mass is 313 g/mol. The number of hydrogen-bond donors (Lipinski definition) is 1. The summed E-state index contributed by atoms with van der Waals surface area (Å²) in [5.41, 5.74) is 0.799. The number of rotatable bonds is 5. The van der Waals surface area contributed by atoms with Crippen molar-refractivity contribution in [2.45, 2.75) is 32.3 Å². The Balaban J connectivity index is 1.94. The molecule has 1 aliphatic rings. The van der Waals surface area contributed by atoms with Crippen LogP contribution in [0.2, 0.25) is 0 Å². The van der Waals surface area contributed by atoms with Crippen LogP contribution in [0.4, 0.5) is 0 Å². The molecule has 1 N–H and O–H groups in total. The van der Waals surface area contributed by atoms with Gasteiger partial charge >= 0.3 is 0 Å². The number of carbonyl (C=O) groups is 1. The second-order valence-corrected chi connectivity index (χ2v) is 7.43. The van der Waals surface area contributed by atoms with E-state index < -0.39 is 15.9 Å². The van der Waals surface area contributed by atoms with E-state index in [9.17, 15) is 13.2 Å². The summed E-state index contributed by atoms with van der Waals surface area (Å²) in [6.07, 6.45) is 1.69. The van der Waals surface area contributed by atoms with Crippen LogP contribution in [0.1, 0.15) is 25.8 Å². The first-order chi connectivity index (χ1) is 9.66. The lowest BCUT2D eigenvalue weighted by molar-refractivity contribution is -0.119. The van der Waals surface area contributed by atoms with Gasteiger partial charge in [-0.25, -0.2) is 8.42 Å². The summed E-state index contributed by atoms with van der Waals surface area (Å²) in [6, 6.07) is 5.62.